The van der Waals surface area contributed by atoms with Crippen molar-refractivity contribution >= 4 is 33.2 Å². The van der Waals surface area contributed by atoms with Gasteiger partial charge in [0.05, 0.1) is 6.54 Å². The zero-order valence-electron chi connectivity index (χ0n) is 7.08. The SMILES string of the molecule is CC(NCC(=O)O)c1sccc1Br. The van der Waals surface area contributed by atoms with Gasteiger partial charge in [0.15, 0.2) is 0 Å². The molecule has 0 bridgehead atoms. The fourth-order valence-electron chi connectivity index (χ4n) is 0.947. The van der Waals surface area contributed by atoms with Gasteiger partial charge in [0, 0.05) is 15.4 Å². The lowest BCUT2D eigenvalue weighted by atomic mass is 10.3. The van der Waals surface area contributed by atoms with Crippen molar-refractivity contribution in [3.05, 3.63) is 20.8 Å². The van der Waals surface area contributed by atoms with Crippen LogP contribution in [-0.2, 0) is 4.79 Å². The highest BCUT2D eigenvalue weighted by molar-refractivity contribution is 9.10. The quantitative estimate of drug-likeness (QED) is 0.876. The molecule has 3 nitrogen and oxygen atoms in total. The van der Waals surface area contributed by atoms with Gasteiger partial charge in [-0.05, 0) is 34.3 Å². The molecule has 0 saturated carbocycles. The molecule has 1 aromatic rings. The average molecular weight is 264 g/mol. The fraction of sp³-hybridized carbons (Fsp3) is 0.375. The largest absolute Gasteiger partial charge is 0.480 e. The van der Waals surface area contributed by atoms with Crippen LogP contribution >= 0.6 is 27.3 Å². The molecule has 0 aliphatic carbocycles. The Bertz CT molecular complexity index is 300. The van der Waals surface area contributed by atoms with Crippen molar-refractivity contribution in [2.45, 2.75) is 13.0 Å². The second-order valence-electron chi connectivity index (χ2n) is 2.63. The Morgan fingerprint density at radius 1 is 1.85 bits per heavy atom. The van der Waals surface area contributed by atoms with Crippen molar-refractivity contribution in [2.75, 3.05) is 6.54 Å². The molecule has 0 radical (unpaired) electrons. The first-order valence-electron chi connectivity index (χ1n) is 3.79. The van der Waals surface area contributed by atoms with E-state index in [-0.39, 0.29) is 12.6 Å². The Balaban J connectivity index is 2.53. The molecule has 0 spiro atoms. The van der Waals surface area contributed by atoms with Crippen molar-refractivity contribution in [1.29, 1.82) is 0 Å². The monoisotopic (exact) mass is 263 g/mol. The van der Waals surface area contributed by atoms with Gasteiger partial charge in [0.25, 0.3) is 0 Å². The standard InChI is InChI=1S/C8H10BrNO2S/c1-5(10-4-7(11)12)8-6(9)2-3-13-8/h2-3,5,10H,4H2,1H3,(H,11,12). The third-order valence-corrected chi connectivity index (χ3v) is 3.65. The fourth-order valence-corrected chi connectivity index (χ4v) is 2.70. The van der Waals surface area contributed by atoms with E-state index >= 15 is 0 Å². The molecular weight excluding hydrogens is 254 g/mol. The highest BCUT2D eigenvalue weighted by Crippen LogP contribution is 2.28. The number of aliphatic carboxylic acids is 1. The van der Waals surface area contributed by atoms with Crippen LogP contribution in [-0.4, -0.2) is 17.6 Å². The molecule has 1 aromatic heterocycles. The lowest BCUT2D eigenvalue weighted by Gasteiger charge is -2.10. The number of nitrogens with one attached hydrogen (secondary N) is 1. The van der Waals surface area contributed by atoms with Crippen LogP contribution in [0.4, 0.5) is 0 Å². The number of carboxylic acid groups (broad SMARTS) is 1. The maximum absolute atomic E-state index is 10.3. The maximum Gasteiger partial charge on any atom is 0.317 e. The van der Waals surface area contributed by atoms with Crippen LogP contribution in [0.1, 0.15) is 17.8 Å². The number of carbonyl (C=O) groups is 1. The van der Waals surface area contributed by atoms with E-state index in [0.717, 1.165) is 9.35 Å². The minimum Gasteiger partial charge on any atom is -0.480 e. The molecule has 0 aliphatic rings. The summed E-state index contributed by atoms with van der Waals surface area (Å²) in [6.07, 6.45) is 0. The van der Waals surface area contributed by atoms with E-state index in [1.807, 2.05) is 18.4 Å². The van der Waals surface area contributed by atoms with E-state index in [1.54, 1.807) is 11.3 Å². The Morgan fingerprint density at radius 2 is 2.54 bits per heavy atom. The molecule has 0 amide bonds. The van der Waals surface area contributed by atoms with Crippen LogP contribution in [0.25, 0.3) is 0 Å². The number of thiophene rings is 1. The second kappa shape index (κ2) is 4.74. The molecule has 0 fully saturated rings. The number of hydrogen-bond donors (Lipinski definition) is 2. The lowest BCUT2D eigenvalue weighted by molar-refractivity contribution is -0.136. The van der Waals surface area contributed by atoms with E-state index in [2.05, 4.69) is 21.2 Å². The van der Waals surface area contributed by atoms with Crippen molar-refractivity contribution in [3.63, 3.8) is 0 Å². The molecule has 72 valence electrons. The summed E-state index contributed by atoms with van der Waals surface area (Å²) in [5, 5.41) is 13.3. The molecule has 1 heterocycles. The highest BCUT2D eigenvalue weighted by atomic mass is 79.9. The second-order valence-corrected chi connectivity index (χ2v) is 4.43. The van der Waals surface area contributed by atoms with Gasteiger partial charge in [0.2, 0.25) is 0 Å². The van der Waals surface area contributed by atoms with E-state index in [4.69, 9.17) is 5.11 Å². The van der Waals surface area contributed by atoms with Crippen molar-refractivity contribution < 1.29 is 9.90 Å². The smallest absolute Gasteiger partial charge is 0.317 e. The normalized spacial score (nSPS) is 12.8. The number of hydrogen-bond acceptors (Lipinski definition) is 3. The summed E-state index contributed by atoms with van der Waals surface area (Å²) in [4.78, 5) is 11.4. The highest BCUT2D eigenvalue weighted by Gasteiger charge is 2.10. The Morgan fingerprint density at radius 3 is 3.00 bits per heavy atom. The summed E-state index contributed by atoms with van der Waals surface area (Å²) in [5.41, 5.74) is 0. The topological polar surface area (TPSA) is 49.3 Å². The Labute approximate surface area is 88.9 Å². The minimum absolute atomic E-state index is 0.00843. The summed E-state index contributed by atoms with van der Waals surface area (Å²) >= 11 is 5.00. The molecule has 0 aromatic carbocycles. The van der Waals surface area contributed by atoms with Crippen LogP contribution in [0.5, 0.6) is 0 Å². The number of rotatable bonds is 4. The van der Waals surface area contributed by atoms with Crippen LogP contribution in [0.3, 0.4) is 0 Å². The van der Waals surface area contributed by atoms with Gasteiger partial charge >= 0.3 is 5.97 Å². The first kappa shape index (κ1) is 10.7. The first-order valence-corrected chi connectivity index (χ1v) is 5.46. The summed E-state index contributed by atoms with van der Waals surface area (Å²) in [6.45, 7) is 1.94. The Hall–Kier alpha value is -0.390. The van der Waals surface area contributed by atoms with Crippen LogP contribution in [0, 0.1) is 0 Å². The van der Waals surface area contributed by atoms with Crippen LogP contribution in [0.15, 0.2) is 15.9 Å². The van der Waals surface area contributed by atoms with Gasteiger partial charge in [0.1, 0.15) is 0 Å². The van der Waals surface area contributed by atoms with Crippen LogP contribution < -0.4 is 5.32 Å². The van der Waals surface area contributed by atoms with E-state index < -0.39 is 5.97 Å². The number of halogens is 1. The average Bonchev–Trinajstić information content (AvgIpc) is 2.47. The number of carboxylic acids is 1. The third-order valence-electron chi connectivity index (χ3n) is 1.60. The van der Waals surface area contributed by atoms with Crippen molar-refractivity contribution in [1.82, 2.24) is 5.32 Å². The molecule has 5 heteroatoms. The summed E-state index contributed by atoms with van der Waals surface area (Å²) in [5.74, 6) is -0.834. The zero-order chi connectivity index (χ0) is 9.84. The molecule has 2 N–H and O–H groups in total. The van der Waals surface area contributed by atoms with Gasteiger partial charge in [-0.25, -0.2) is 0 Å². The third kappa shape index (κ3) is 3.10. The van der Waals surface area contributed by atoms with Gasteiger partial charge in [-0.2, -0.15) is 0 Å². The molecule has 1 atom stereocenters. The molecule has 1 rings (SSSR count). The van der Waals surface area contributed by atoms with E-state index in [0.29, 0.717) is 0 Å². The van der Waals surface area contributed by atoms with Gasteiger partial charge < -0.3 is 5.11 Å². The van der Waals surface area contributed by atoms with Crippen molar-refractivity contribution in [3.8, 4) is 0 Å². The lowest BCUT2D eigenvalue weighted by Crippen LogP contribution is -2.25. The molecular formula is C8H10BrNO2S. The van der Waals surface area contributed by atoms with Gasteiger partial charge in [-0.15, -0.1) is 11.3 Å². The zero-order valence-corrected chi connectivity index (χ0v) is 9.48. The van der Waals surface area contributed by atoms with E-state index in [1.165, 1.54) is 0 Å². The van der Waals surface area contributed by atoms with Gasteiger partial charge in [-0.1, -0.05) is 0 Å². The predicted molar refractivity (Wildman–Crippen MR) is 56.1 cm³/mol. The van der Waals surface area contributed by atoms with Gasteiger partial charge in [-0.3, -0.25) is 10.1 Å². The maximum atomic E-state index is 10.3. The summed E-state index contributed by atoms with van der Waals surface area (Å²) < 4.78 is 1.03. The molecule has 0 saturated heterocycles. The predicted octanol–water partition coefficient (Wildman–Crippen LogP) is 2.25. The summed E-state index contributed by atoms with van der Waals surface area (Å²) in [6, 6.07) is 2.03. The molecule has 13 heavy (non-hydrogen) atoms. The Kier molecular flexibility index (Phi) is 3.90. The molecule has 0 aliphatic heterocycles. The summed E-state index contributed by atoms with van der Waals surface area (Å²) in [7, 11) is 0. The van der Waals surface area contributed by atoms with Crippen molar-refractivity contribution in [2.24, 2.45) is 0 Å². The van der Waals surface area contributed by atoms with Crippen LogP contribution in [0.2, 0.25) is 0 Å². The minimum atomic E-state index is -0.834. The first-order chi connectivity index (χ1) is 6.11. The van der Waals surface area contributed by atoms with E-state index in [9.17, 15) is 4.79 Å². The molecule has 1 unspecified atom stereocenters.